The highest BCUT2D eigenvalue weighted by Crippen LogP contribution is 2.27. The number of aromatic hydroxyl groups is 1. The molecule has 4 nitrogen and oxygen atoms in total. The quantitative estimate of drug-likeness (QED) is 0.308. The van der Waals surface area contributed by atoms with E-state index in [1.165, 1.54) is 12.1 Å². The number of phenols is 1. The van der Waals surface area contributed by atoms with Crippen molar-refractivity contribution >= 4 is 17.7 Å². The van der Waals surface area contributed by atoms with E-state index in [9.17, 15) is 4.79 Å². The van der Waals surface area contributed by atoms with E-state index < -0.39 is 0 Å². The minimum absolute atomic E-state index is 0.0506. The highest BCUT2D eigenvalue weighted by Gasteiger charge is 2.04. The van der Waals surface area contributed by atoms with Crippen LogP contribution in [-0.4, -0.2) is 11.4 Å². The molecule has 11 heavy (non-hydrogen) atoms. The molecule has 5 N–H and O–H groups in total. The number of anilines is 2. The van der Waals surface area contributed by atoms with Crippen molar-refractivity contribution in [2.45, 2.75) is 0 Å². The number of benzene rings is 1. The van der Waals surface area contributed by atoms with Crippen LogP contribution in [0.1, 0.15) is 10.4 Å². The van der Waals surface area contributed by atoms with Gasteiger partial charge in [-0.25, -0.2) is 0 Å². The fourth-order valence-corrected chi connectivity index (χ4v) is 0.745. The van der Waals surface area contributed by atoms with Gasteiger partial charge in [-0.05, 0) is 12.1 Å². The Labute approximate surface area is 63.4 Å². The summed E-state index contributed by atoms with van der Waals surface area (Å²) in [5.74, 6) is -0.104. The number of rotatable bonds is 1. The van der Waals surface area contributed by atoms with Crippen LogP contribution in [-0.2, 0) is 0 Å². The summed E-state index contributed by atoms with van der Waals surface area (Å²) in [4.78, 5) is 10.3. The first-order valence-electron chi connectivity index (χ1n) is 2.99. The van der Waals surface area contributed by atoms with Crippen molar-refractivity contribution in [2.75, 3.05) is 11.5 Å². The Morgan fingerprint density at radius 3 is 2.45 bits per heavy atom. The molecule has 1 rings (SSSR count). The summed E-state index contributed by atoms with van der Waals surface area (Å²) < 4.78 is 0. The molecule has 0 aliphatic heterocycles. The number of carbonyl (C=O) groups is 1. The van der Waals surface area contributed by atoms with Crippen LogP contribution in [0.4, 0.5) is 11.4 Å². The van der Waals surface area contributed by atoms with E-state index in [0.29, 0.717) is 11.8 Å². The third-order valence-electron chi connectivity index (χ3n) is 1.42. The summed E-state index contributed by atoms with van der Waals surface area (Å²) in [6.45, 7) is 0. The van der Waals surface area contributed by atoms with Crippen molar-refractivity contribution in [3.63, 3.8) is 0 Å². The third-order valence-corrected chi connectivity index (χ3v) is 1.42. The predicted molar refractivity (Wildman–Crippen MR) is 42.3 cm³/mol. The Balaban J connectivity index is 3.36. The van der Waals surface area contributed by atoms with Crippen molar-refractivity contribution in [1.82, 2.24) is 0 Å². The Morgan fingerprint density at radius 1 is 1.27 bits per heavy atom. The van der Waals surface area contributed by atoms with E-state index in [-0.39, 0.29) is 17.1 Å². The number of nitrogens with two attached hydrogens (primary N) is 2. The molecule has 1 aromatic carbocycles. The van der Waals surface area contributed by atoms with Crippen LogP contribution in [0.25, 0.3) is 0 Å². The van der Waals surface area contributed by atoms with Crippen molar-refractivity contribution in [2.24, 2.45) is 0 Å². The largest absolute Gasteiger partial charge is 0.506 e. The van der Waals surface area contributed by atoms with E-state index in [1.807, 2.05) is 0 Å². The molecule has 58 valence electrons. The predicted octanol–water partition coefficient (Wildman–Crippen LogP) is 0.369. The second-order valence-electron chi connectivity index (χ2n) is 2.12. The SMILES string of the molecule is Nc1c(O)ccc(C=O)c1N. The van der Waals surface area contributed by atoms with Gasteiger partial charge in [0.25, 0.3) is 0 Å². The minimum Gasteiger partial charge on any atom is -0.506 e. The maximum atomic E-state index is 10.3. The minimum atomic E-state index is -0.104. The molecule has 0 aliphatic carbocycles. The Morgan fingerprint density at radius 2 is 1.91 bits per heavy atom. The number of phenolic OH excluding ortho intramolecular Hbond substituents is 1. The molecule has 0 heterocycles. The second-order valence-corrected chi connectivity index (χ2v) is 2.12. The van der Waals surface area contributed by atoms with Crippen LogP contribution in [0.5, 0.6) is 5.75 Å². The third kappa shape index (κ3) is 1.10. The first kappa shape index (κ1) is 7.40. The van der Waals surface area contributed by atoms with Crippen molar-refractivity contribution in [3.8, 4) is 5.75 Å². The van der Waals surface area contributed by atoms with E-state index in [2.05, 4.69) is 0 Å². The number of aldehydes is 1. The number of hydrogen-bond acceptors (Lipinski definition) is 4. The van der Waals surface area contributed by atoms with Crippen LogP contribution in [0.15, 0.2) is 12.1 Å². The zero-order chi connectivity index (χ0) is 8.43. The summed E-state index contributed by atoms with van der Waals surface area (Å²) in [7, 11) is 0. The molecular formula is C7H8N2O2. The van der Waals surface area contributed by atoms with Crippen molar-refractivity contribution in [3.05, 3.63) is 17.7 Å². The maximum Gasteiger partial charge on any atom is 0.152 e. The van der Waals surface area contributed by atoms with Gasteiger partial charge >= 0.3 is 0 Å². The van der Waals surface area contributed by atoms with Crippen LogP contribution in [0.3, 0.4) is 0 Å². The summed E-state index contributed by atoms with van der Waals surface area (Å²) in [6, 6.07) is 2.74. The van der Waals surface area contributed by atoms with Crippen LogP contribution < -0.4 is 11.5 Å². The lowest BCUT2D eigenvalue weighted by Crippen LogP contribution is -1.98. The van der Waals surface area contributed by atoms with Gasteiger partial charge in [-0.3, -0.25) is 4.79 Å². The second kappa shape index (κ2) is 2.49. The zero-order valence-corrected chi connectivity index (χ0v) is 5.74. The van der Waals surface area contributed by atoms with E-state index >= 15 is 0 Å². The topological polar surface area (TPSA) is 89.3 Å². The van der Waals surface area contributed by atoms with E-state index in [0.717, 1.165) is 0 Å². The summed E-state index contributed by atoms with van der Waals surface area (Å²) in [6.07, 6.45) is 0.588. The average Bonchev–Trinajstić information content (AvgIpc) is 2.01. The number of carbonyl (C=O) groups excluding carboxylic acids is 1. The number of nitrogen functional groups attached to an aromatic ring is 2. The standard InChI is InChI=1S/C7H8N2O2/c8-6-4(3-10)1-2-5(11)7(6)9/h1-3,11H,8-9H2. The molecule has 0 atom stereocenters. The summed E-state index contributed by atoms with van der Waals surface area (Å²) in [5.41, 5.74) is 11.2. The maximum absolute atomic E-state index is 10.3. The lowest BCUT2D eigenvalue weighted by Gasteiger charge is -2.03. The van der Waals surface area contributed by atoms with Gasteiger partial charge in [0, 0.05) is 5.56 Å². The Hall–Kier alpha value is -1.71. The van der Waals surface area contributed by atoms with Gasteiger partial charge in [0.2, 0.25) is 0 Å². The monoisotopic (exact) mass is 152 g/mol. The molecule has 0 bridgehead atoms. The molecule has 0 aromatic heterocycles. The molecule has 0 amide bonds. The Kier molecular flexibility index (Phi) is 1.68. The van der Waals surface area contributed by atoms with Gasteiger partial charge in [-0.2, -0.15) is 0 Å². The molecular weight excluding hydrogens is 144 g/mol. The van der Waals surface area contributed by atoms with Crippen molar-refractivity contribution in [1.29, 1.82) is 0 Å². The van der Waals surface area contributed by atoms with E-state index in [4.69, 9.17) is 16.6 Å². The fraction of sp³-hybridized carbons (Fsp3) is 0. The Bertz CT molecular complexity index is 297. The lowest BCUT2D eigenvalue weighted by atomic mass is 10.1. The molecule has 4 heteroatoms. The van der Waals surface area contributed by atoms with Gasteiger partial charge in [-0.15, -0.1) is 0 Å². The van der Waals surface area contributed by atoms with Gasteiger partial charge < -0.3 is 16.6 Å². The van der Waals surface area contributed by atoms with Crippen LogP contribution in [0.2, 0.25) is 0 Å². The molecule has 0 fully saturated rings. The molecule has 0 saturated carbocycles. The highest BCUT2D eigenvalue weighted by molar-refractivity contribution is 5.90. The number of hydrogen-bond donors (Lipinski definition) is 3. The van der Waals surface area contributed by atoms with Gasteiger partial charge in [0.05, 0.1) is 11.4 Å². The average molecular weight is 152 g/mol. The van der Waals surface area contributed by atoms with Gasteiger partial charge in [0.15, 0.2) is 6.29 Å². The molecule has 0 spiro atoms. The smallest absolute Gasteiger partial charge is 0.152 e. The van der Waals surface area contributed by atoms with Gasteiger partial charge in [-0.1, -0.05) is 0 Å². The fourth-order valence-electron chi connectivity index (χ4n) is 0.745. The zero-order valence-electron chi connectivity index (χ0n) is 5.74. The van der Waals surface area contributed by atoms with E-state index in [1.54, 1.807) is 0 Å². The molecule has 1 aromatic rings. The lowest BCUT2D eigenvalue weighted by molar-refractivity contribution is 0.112. The first-order valence-corrected chi connectivity index (χ1v) is 2.99. The molecule has 0 radical (unpaired) electrons. The first-order chi connectivity index (χ1) is 5.16. The van der Waals surface area contributed by atoms with Crippen LogP contribution in [0, 0.1) is 0 Å². The summed E-state index contributed by atoms with van der Waals surface area (Å²) in [5, 5.41) is 9.00. The molecule has 0 aliphatic rings. The highest BCUT2D eigenvalue weighted by atomic mass is 16.3. The molecule has 0 saturated heterocycles. The molecule has 0 unspecified atom stereocenters. The summed E-state index contributed by atoms with van der Waals surface area (Å²) >= 11 is 0. The normalized spacial score (nSPS) is 9.45. The van der Waals surface area contributed by atoms with Crippen LogP contribution >= 0.6 is 0 Å². The van der Waals surface area contributed by atoms with Gasteiger partial charge in [0.1, 0.15) is 5.75 Å². The van der Waals surface area contributed by atoms with Crippen molar-refractivity contribution < 1.29 is 9.90 Å².